The molecule has 1 N–H and O–H groups in total. The van der Waals surface area contributed by atoms with Crippen molar-refractivity contribution in [1.82, 2.24) is 10.3 Å². The van der Waals surface area contributed by atoms with Gasteiger partial charge in [0.25, 0.3) is 0 Å². The van der Waals surface area contributed by atoms with Crippen LogP contribution >= 0.6 is 11.6 Å². The average Bonchev–Trinajstić information content (AvgIpc) is 2.23. The molecule has 84 valence electrons. The molecule has 0 saturated heterocycles. The quantitative estimate of drug-likeness (QED) is 0.571. The zero-order valence-electron chi connectivity index (χ0n) is 9.30. The molecule has 2 nitrogen and oxygen atoms in total. The van der Waals surface area contributed by atoms with Crippen LogP contribution in [0.25, 0.3) is 0 Å². The van der Waals surface area contributed by atoms with Crippen LogP contribution in [-0.4, -0.2) is 17.4 Å². The van der Waals surface area contributed by atoms with E-state index in [4.69, 9.17) is 11.6 Å². The van der Waals surface area contributed by atoms with Crippen LogP contribution in [0.5, 0.6) is 0 Å². The van der Waals surface area contributed by atoms with Crippen LogP contribution in [0, 0.1) is 6.92 Å². The van der Waals surface area contributed by atoms with Crippen molar-refractivity contribution in [1.29, 1.82) is 0 Å². The van der Waals surface area contributed by atoms with E-state index in [9.17, 15) is 0 Å². The first-order valence-electron chi connectivity index (χ1n) is 5.50. The van der Waals surface area contributed by atoms with Gasteiger partial charge in [-0.25, -0.2) is 0 Å². The van der Waals surface area contributed by atoms with Crippen molar-refractivity contribution < 1.29 is 0 Å². The van der Waals surface area contributed by atoms with Crippen molar-refractivity contribution in [3.8, 4) is 0 Å². The fraction of sp³-hybridized carbons (Fsp3) is 0.583. The fourth-order valence-corrected chi connectivity index (χ4v) is 1.66. The van der Waals surface area contributed by atoms with Gasteiger partial charge in [0.1, 0.15) is 0 Å². The molecule has 1 aromatic rings. The van der Waals surface area contributed by atoms with Gasteiger partial charge in [0.15, 0.2) is 0 Å². The summed E-state index contributed by atoms with van der Waals surface area (Å²) in [6.45, 7) is 4.04. The lowest BCUT2D eigenvalue weighted by atomic mass is 10.2. The van der Waals surface area contributed by atoms with Gasteiger partial charge in [0, 0.05) is 24.8 Å². The van der Waals surface area contributed by atoms with Crippen LogP contribution in [-0.2, 0) is 6.54 Å². The Kier molecular flexibility index (Phi) is 6.37. The molecule has 0 atom stereocenters. The molecule has 1 rings (SSSR count). The third kappa shape index (κ3) is 5.75. The van der Waals surface area contributed by atoms with Crippen molar-refractivity contribution in [2.24, 2.45) is 0 Å². The Bertz CT molecular complexity index is 276. The number of nitrogens with one attached hydrogen (secondary N) is 1. The molecular weight excluding hydrogens is 208 g/mol. The molecule has 0 aliphatic carbocycles. The summed E-state index contributed by atoms with van der Waals surface area (Å²) in [5.74, 6) is 0.780. The molecule has 0 unspecified atom stereocenters. The lowest BCUT2D eigenvalue weighted by Gasteiger charge is -2.04. The molecule has 1 aromatic heterocycles. The number of halogens is 1. The van der Waals surface area contributed by atoms with Crippen molar-refractivity contribution in [3.05, 3.63) is 29.6 Å². The van der Waals surface area contributed by atoms with Gasteiger partial charge in [0.2, 0.25) is 0 Å². The molecule has 0 fully saturated rings. The minimum Gasteiger partial charge on any atom is -0.313 e. The standard InChI is InChI=1S/C12H19ClN2/c1-11-7-12(10-15-8-11)9-14-6-4-2-3-5-13/h7-8,10,14H,2-6,9H2,1H3. The summed E-state index contributed by atoms with van der Waals surface area (Å²) in [6.07, 6.45) is 7.33. The molecule has 0 aliphatic rings. The summed E-state index contributed by atoms with van der Waals surface area (Å²) in [4.78, 5) is 4.16. The van der Waals surface area contributed by atoms with E-state index in [1.807, 2.05) is 12.4 Å². The summed E-state index contributed by atoms with van der Waals surface area (Å²) in [7, 11) is 0. The Labute approximate surface area is 97.1 Å². The molecule has 15 heavy (non-hydrogen) atoms. The molecule has 0 spiro atoms. The first-order valence-corrected chi connectivity index (χ1v) is 6.03. The predicted octanol–water partition coefficient (Wildman–Crippen LogP) is 2.89. The number of hydrogen-bond donors (Lipinski definition) is 1. The second-order valence-electron chi connectivity index (χ2n) is 3.80. The number of nitrogens with zero attached hydrogens (tertiary/aromatic N) is 1. The Morgan fingerprint density at radius 3 is 2.87 bits per heavy atom. The number of alkyl halides is 1. The largest absolute Gasteiger partial charge is 0.313 e. The third-order valence-corrected chi connectivity index (χ3v) is 2.52. The molecule has 1 heterocycles. The van der Waals surface area contributed by atoms with Crippen LogP contribution in [0.1, 0.15) is 30.4 Å². The molecule has 0 saturated carbocycles. The van der Waals surface area contributed by atoms with E-state index in [1.54, 1.807) is 0 Å². The van der Waals surface area contributed by atoms with Crippen LogP contribution < -0.4 is 5.32 Å². The SMILES string of the molecule is Cc1cncc(CNCCCCCCl)c1. The number of unbranched alkanes of at least 4 members (excludes halogenated alkanes) is 2. The molecule has 0 radical (unpaired) electrons. The lowest BCUT2D eigenvalue weighted by Crippen LogP contribution is -2.14. The Morgan fingerprint density at radius 1 is 1.27 bits per heavy atom. The molecule has 0 bridgehead atoms. The normalized spacial score (nSPS) is 10.5. The zero-order valence-corrected chi connectivity index (χ0v) is 10.1. The summed E-state index contributed by atoms with van der Waals surface area (Å²) in [5, 5.41) is 3.40. The number of aryl methyl sites for hydroxylation is 1. The molecule has 0 aromatic carbocycles. The van der Waals surface area contributed by atoms with Gasteiger partial charge in [0.05, 0.1) is 0 Å². The summed E-state index contributed by atoms with van der Waals surface area (Å²) in [5.41, 5.74) is 2.48. The Hall–Kier alpha value is -0.600. The van der Waals surface area contributed by atoms with Gasteiger partial charge >= 0.3 is 0 Å². The maximum atomic E-state index is 5.60. The molecule has 0 amide bonds. The first-order chi connectivity index (χ1) is 7.33. The Morgan fingerprint density at radius 2 is 2.13 bits per heavy atom. The maximum Gasteiger partial charge on any atom is 0.0313 e. The topological polar surface area (TPSA) is 24.9 Å². The Balaban J connectivity index is 2.10. The van der Waals surface area contributed by atoms with Crippen molar-refractivity contribution >= 4 is 11.6 Å². The summed E-state index contributed by atoms with van der Waals surface area (Å²) in [6, 6.07) is 2.17. The monoisotopic (exact) mass is 226 g/mol. The van der Waals surface area contributed by atoms with Crippen LogP contribution in [0.2, 0.25) is 0 Å². The van der Waals surface area contributed by atoms with Gasteiger partial charge < -0.3 is 5.32 Å². The maximum absolute atomic E-state index is 5.60. The average molecular weight is 227 g/mol. The first kappa shape index (κ1) is 12.5. The van der Waals surface area contributed by atoms with Crippen molar-refractivity contribution in [2.75, 3.05) is 12.4 Å². The lowest BCUT2D eigenvalue weighted by molar-refractivity contribution is 0.617. The summed E-state index contributed by atoms with van der Waals surface area (Å²) < 4.78 is 0. The fourth-order valence-electron chi connectivity index (χ4n) is 1.47. The second kappa shape index (κ2) is 7.66. The van der Waals surface area contributed by atoms with Gasteiger partial charge in [-0.05, 0) is 37.4 Å². The molecule has 3 heteroatoms. The van der Waals surface area contributed by atoms with Crippen LogP contribution in [0.4, 0.5) is 0 Å². The highest BCUT2D eigenvalue weighted by Crippen LogP contribution is 2.01. The third-order valence-electron chi connectivity index (χ3n) is 2.25. The van der Waals surface area contributed by atoms with Gasteiger partial charge in [-0.2, -0.15) is 0 Å². The zero-order chi connectivity index (χ0) is 10.9. The minimum atomic E-state index is 0.780. The summed E-state index contributed by atoms with van der Waals surface area (Å²) >= 11 is 5.60. The van der Waals surface area contributed by atoms with E-state index < -0.39 is 0 Å². The molecule has 0 aliphatic heterocycles. The highest BCUT2D eigenvalue weighted by Gasteiger charge is 1.93. The second-order valence-corrected chi connectivity index (χ2v) is 4.17. The van der Waals surface area contributed by atoms with Gasteiger partial charge in [-0.15, -0.1) is 11.6 Å². The predicted molar refractivity (Wildman–Crippen MR) is 65.3 cm³/mol. The number of pyridine rings is 1. The van der Waals surface area contributed by atoms with E-state index in [0.29, 0.717) is 0 Å². The number of hydrogen-bond acceptors (Lipinski definition) is 2. The number of aromatic nitrogens is 1. The van der Waals surface area contributed by atoms with E-state index in [0.717, 1.165) is 25.4 Å². The van der Waals surface area contributed by atoms with E-state index >= 15 is 0 Å². The van der Waals surface area contributed by atoms with Crippen molar-refractivity contribution in [3.63, 3.8) is 0 Å². The van der Waals surface area contributed by atoms with E-state index in [-0.39, 0.29) is 0 Å². The van der Waals surface area contributed by atoms with Gasteiger partial charge in [-0.1, -0.05) is 12.5 Å². The molecular formula is C12H19ClN2. The number of rotatable bonds is 7. The van der Waals surface area contributed by atoms with Gasteiger partial charge in [-0.3, -0.25) is 4.98 Å². The highest BCUT2D eigenvalue weighted by atomic mass is 35.5. The smallest absolute Gasteiger partial charge is 0.0313 e. The van der Waals surface area contributed by atoms with E-state index in [2.05, 4.69) is 23.3 Å². The van der Waals surface area contributed by atoms with Crippen LogP contribution in [0.3, 0.4) is 0 Å². The van der Waals surface area contributed by atoms with E-state index in [1.165, 1.54) is 24.0 Å². The minimum absolute atomic E-state index is 0.780. The van der Waals surface area contributed by atoms with Crippen molar-refractivity contribution in [2.45, 2.75) is 32.7 Å². The highest BCUT2D eigenvalue weighted by molar-refractivity contribution is 6.17. The van der Waals surface area contributed by atoms with Crippen LogP contribution in [0.15, 0.2) is 18.5 Å².